The summed E-state index contributed by atoms with van der Waals surface area (Å²) in [4.78, 5) is 2.22. The molecule has 0 bridgehead atoms. The molecule has 0 aromatic carbocycles. The summed E-state index contributed by atoms with van der Waals surface area (Å²) in [5.74, 6) is 0. The van der Waals surface area contributed by atoms with Crippen LogP contribution in [0.15, 0.2) is 23.9 Å². The maximum absolute atomic E-state index is 12.1. The van der Waals surface area contributed by atoms with Crippen molar-refractivity contribution in [1.29, 1.82) is 0 Å². The Kier molecular flexibility index (Phi) is 4.35. The fraction of sp³-hybridized carbons (Fsp3) is 0.692. The number of nitrogens with zero attached hydrogens (tertiary/aromatic N) is 1. The number of morpholine rings is 1. The summed E-state index contributed by atoms with van der Waals surface area (Å²) in [5, 5.41) is 0. The third-order valence-electron chi connectivity index (χ3n) is 3.28. The lowest BCUT2D eigenvalue weighted by atomic mass is 9.83. The topological polar surface area (TPSA) is 21.7 Å². The first-order chi connectivity index (χ1) is 8.59. The first-order valence-corrected chi connectivity index (χ1v) is 6.21. The van der Waals surface area contributed by atoms with Crippen LogP contribution in [-0.4, -0.2) is 44.4 Å². The van der Waals surface area contributed by atoms with E-state index in [1.807, 2.05) is 19.1 Å². The van der Waals surface area contributed by atoms with Crippen LogP contribution in [0.3, 0.4) is 0 Å². The Hall–Kier alpha value is -0.940. The van der Waals surface area contributed by atoms with Gasteiger partial charge in [-0.3, -0.25) is 0 Å². The summed E-state index contributed by atoms with van der Waals surface area (Å²) < 4.78 is 34.0. The normalized spacial score (nSPS) is 28.7. The van der Waals surface area contributed by atoms with Crippen LogP contribution >= 0.6 is 0 Å². The summed E-state index contributed by atoms with van der Waals surface area (Å²) >= 11 is 0. The highest BCUT2D eigenvalue weighted by atomic mass is 19.3. The van der Waals surface area contributed by atoms with Gasteiger partial charge in [-0.1, -0.05) is 19.1 Å². The van der Waals surface area contributed by atoms with Crippen LogP contribution in [0, 0.1) is 5.41 Å². The molecule has 0 saturated carbocycles. The molecule has 1 unspecified atom stereocenters. The zero-order valence-corrected chi connectivity index (χ0v) is 10.6. The summed E-state index contributed by atoms with van der Waals surface area (Å²) in [7, 11) is 0. The van der Waals surface area contributed by atoms with Crippen LogP contribution < -0.4 is 0 Å². The quantitative estimate of drug-likeness (QED) is 0.774. The van der Waals surface area contributed by atoms with Crippen molar-refractivity contribution in [2.45, 2.75) is 20.0 Å². The zero-order chi connectivity index (χ0) is 13.0. The molecule has 3 nitrogen and oxygen atoms in total. The Morgan fingerprint density at radius 1 is 1.44 bits per heavy atom. The van der Waals surface area contributed by atoms with Crippen LogP contribution in [-0.2, 0) is 9.47 Å². The summed E-state index contributed by atoms with van der Waals surface area (Å²) in [6.45, 7) is 2.42. The highest BCUT2D eigenvalue weighted by Gasteiger charge is 2.27. The van der Waals surface area contributed by atoms with Crippen molar-refractivity contribution >= 4 is 0 Å². The highest BCUT2D eigenvalue weighted by Crippen LogP contribution is 2.32. The van der Waals surface area contributed by atoms with Gasteiger partial charge in [0.15, 0.2) is 0 Å². The SMILES string of the molecule is CC1(COC(F)F)C=C(N2CCOCC2)C=CC1. The van der Waals surface area contributed by atoms with Crippen molar-refractivity contribution in [1.82, 2.24) is 4.90 Å². The number of hydrogen-bond acceptors (Lipinski definition) is 3. The van der Waals surface area contributed by atoms with Gasteiger partial charge in [-0.15, -0.1) is 0 Å². The van der Waals surface area contributed by atoms with Crippen molar-refractivity contribution in [3.05, 3.63) is 23.9 Å². The molecule has 1 saturated heterocycles. The van der Waals surface area contributed by atoms with Gasteiger partial charge in [-0.05, 0) is 12.5 Å². The number of ether oxygens (including phenoxy) is 2. The minimum absolute atomic E-state index is 0.0445. The number of hydrogen-bond donors (Lipinski definition) is 0. The van der Waals surface area contributed by atoms with Gasteiger partial charge in [-0.25, -0.2) is 0 Å². The molecule has 0 radical (unpaired) electrons. The summed E-state index contributed by atoms with van der Waals surface area (Å²) in [5.41, 5.74) is 0.739. The first-order valence-electron chi connectivity index (χ1n) is 6.21. The molecule has 0 N–H and O–H groups in total. The third kappa shape index (κ3) is 3.53. The number of allylic oxidation sites excluding steroid dienone is 2. The predicted octanol–water partition coefficient (Wildman–Crippen LogP) is 2.41. The van der Waals surface area contributed by atoms with Crippen LogP contribution in [0.25, 0.3) is 0 Å². The lowest BCUT2D eigenvalue weighted by molar-refractivity contribution is -0.144. The van der Waals surface area contributed by atoms with Crippen molar-refractivity contribution < 1.29 is 18.3 Å². The van der Waals surface area contributed by atoms with E-state index >= 15 is 0 Å². The fourth-order valence-electron chi connectivity index (χ4n) is 2.29. The zero-order valence-electron chi connectivity index (χ0n) is 10.6. The Morgan fingerprint density at radius 3 is 2.83 bits per heavy atom. The molecule has 1 fully saturated rings. The Labute approximate surface area is 106 Å². The van der Waals surface area contributed by atoms with Gasteiger partial charge in [0.25, 0.3) is 0 Å². The Morgan fingerprint density at radius 2 is 2.17 bits per heavy atom. The van der Waals surface area contributed by atoms with Crippen LogP contribution in [0.4, 0.5) is 8.78 Å². The molecule has 0 spiro atoms. The first kappa shape index (κ1) is 13.5. The smallest absolute Gasteiger partial charge is 0.345 e. The van der Waals surface area contributed by atoms with E-state index in [4.69, 9.17) is 4.74 Å². The van der Waals surface area contributed by atoms with E-state index in [2.05, 4.69) is 15.7 Å². The van der Waals surface area contributed by atoms with Crippen molar-refractivity contribution in [3.63, 3.8) is 0 Å². The number of halogens is 2. The highest BCUT2D eigenvalue weighted by molar-refractivity contribution is 5.26. The maximum Gasteiger partial charge on any atom is 0.345 e. The second-order valence-electron chi connectivity index (χ2n) is 5.00. The Balaban J connectivity index is 2.01. The largest absolute Gasteiger partial charge is 0.378 e. The van der Waals surface area contributed by atoms with Crippen LogP contribution in [0.2, 0.25) is 0 Å². The van der Waals surface area contributed by atoms with Crippen LogP contribution in [0.5, 0.6) is 0 Å². The predicted molar refractivity (Wildman–Crippen MR) is 64.3 cm³/mol. The second kappa shape index (κ2) is 5.80. The summed E-state index contributed by atoms with van der Waals surface area (Å²) in [6, 6.07) is 0. The lowest BCUT2D eigenvalue weighted by Gasteiger charge is -2.35. The standard InChI is InChI=1S/C13H19F2NO2/c1-13(10-18-12(14)15)4-2-3-11(9-13)16-5-7-17-8-6-16/h2-3,9,12H,4-8,10H2,1H3. The number of alkyl halides is 2. The van der Waals surface area contributed by atoms with E-state index in [0.29, 0.717) is 0 Å². The van der Waals surface area contributed by atoms with E-state index in [-0.39, 0.29) is 12.0 Å². The lowest BCUT2D eigenvalue weighted by Crippen LogP contribution is -2.37. The van der Waals surface area contributed by atoms with Crippen molar-refractivity contribution in [2.75, 3.05) is 32.9 Å². The molecule has 2 aliphatic rings. The molecule has 0 aromatic heterocycles. The van der Waals surface area contributed by atoms with E-state index in [9.17, 15) is 8.78 Å². The van der Waals surface area contributed by atoms with E-state index < -0.39 is 6.61 Å². The van der Waals surface area contributed by atoms with Crippen molar-refractivity contribution in [3.8, 4) is 0 Å². The molecule has 1 aliphatic carbocycles. The molecular formula is C13H19F2NO2. The van der Waals surface area contributed by atoms with Crippen molar-refractivity contribution in [2.24, 2.45) is 5.41 Å². The second-order valence-corrected chi connectivity index (χ2v) is 5.00. The average Bonchev–Trinajstić information content (AvgIpc) is 2.38. The molecule has 0 aromatic rings. The van der Waals surface area contributed by atoms with Gasteiger partial charge in [0.1, 0.15) is 0 Å². The third-order valence-corrected chi connectivity index (χ3v) is 3.28. The van der Waals surface area contributed by atoms with Gasteiger partial charge in [0, 0.05) is 24.2 Å². The molecule has 0 amide bonds. The molecule has 102 valence electrons. The van der Waals surface area contributed by atoms with Gasteiger partial charge >= 0.3 is 6.61 Å². The van der Waals surface area contributed by atoms with E-state index in [1.54, 1.807) is 0 Å². The van der Waals surface area contributed by atoms with E-state index in [0.717, 1.165) is 38.4 Å². The number of rotatable bonds is 4. The van der Waals surface area contributed by atoms with Gasteiger partial charge in [0.2, 0.25) is 0 Å². The monoisotopic (exact) mass is 259 g/mol. The van der Waals surface area contributed by atoms with Gasteiger partial charge < -0.3 is 14.4 Å². The van der Waals surface area contributed by atoms with Crippen LogP contribution in [0.1, 0.15) is 13.3 Å². The molecule has 18 heavy (non-hydrogen) atoms. The molecule has 1 heterocycles. The maximum atomic E-state index is 12.1. The molecule has 2 rings (SSSR count). The van der Waals surface area contributed by atoms with Gasteiger partial charge in [-0.2, -0.15) is 8.78 Å². The molecule has 5 heteroatoms. The minimum Gasteiger partial charge on any atom is -0.378 e. The minimum atomic E-state index is -2.70. The van der Waals surface area contributed by atoms with Gasteiger partial charge in [0.05, 0.1) is 19.8 Å². The molecule has 1 atom stereocenters. The molecular weight excluding hydrogens is 240 g/mol. The Bertz CT molecular complexity index is 338. The average molecular weight is 259 g/mol. The molecule has 1 aliphatic heterocycles. The van der Waals surface area contributed by atoms with E-state index in [1.165, 1.54) is 0 Å². The summed E-state index contributed by atoms with van der Waals surface area (Å²) in [6.07, 6.45) is 6.85. The fourth-order valence-corrected chi connectivity index (χ4v) is 2.29.